The maximum absolute atomic E-state index is 12.0. The molecule has 0 fully saturated rings. The second-order valence-electron chi connectivity index (χ2n) is 4.55. The van der Waals surface area contributed by atoms with Crippen LogP contribution in [-0.4, -0.2) is 15.9 Å². The van der Waals surface area contributed by atoms with Crippen LogP contribution in [0.3, 0.4) is 0 Å². The van der Waals surface area contributed by atoms with Crippen LogP contribution in [0.1, 0.15) is 15.4 Å². The first-order valence-corrected chi connectivity index (χ1v) is 8.28. The van der Waals surface area contributed by atoms with Gasteiger partial charge in [-0.25, -0.2) is 4.98 Å². The van der Waals surface area contributed by atoms with Crippen LogP contribution >= 0.6 is 27.3 Å². The molecule has 0 aliphatic rings. The van der Waals surface area contributed by atoms with E-state index < -0.39 is 0 Å². The van der Waals surface area contributed by atoms with Crippen molar-refractivity contribution in [3.05, 3.63) is 69.2 Å². The van der Waals surface area contributed by atoms with Crippen molar-refractivity contribution in [1.29, 1.82) is 0 Å². The van der Waals surface area contributed by atoms with Gasteiger partial charge in [0.25, 0.3) is 5.91 Å². The van der Waals surface area contributed by atoms with Crippen molar-refractivity contribution in [2.24, 2.45) is 0 Å². The number of aromatic nitrogens is 2. The highest BCUT2D eigenvalue weighted by Gasteiger charge is 2.08. The van der Waals surface area contributed by atoms with Gasteiger partial charge in [0.2, 0.25) is 0 Å². The van der Waals surface area contributed by atoms with E-state index >= 15 is 0 Å². The van der Waals surface area contributed by atoms with E-state index in [1.165, 1.54) is 11.3 Å². The number of hydrogen-bond acceptors (Lipinski definition) is 4. The van der Waals surface area contributed by atoms with E-state index in [2.05, 4.69) is 31.2 Å². The average Bonchev–Trinajstić information content (AvgIpc) is 3.03. The van der Waals surface area contributed by atoms with E-state index in [0.29, 0.717) is 12.1 Å². The standard InChI is InChI=1S/C16H12BrN3OS/c17-13-3-1-12(2-4-13)16(21)19-9-15-20-14(10-22-15)11-5-7-18-8-6-11/h1-8,10H,9H2,(H,19,21). The monoisotopic (exact) mass is 373 g/mol. The summed E-state index contributed by atoms with van der Waals surface area (Å²) in [7, 11) is 0. The summed E-state index contributed by atoms with van der Waals surface area (Å²) in [5.74, 6) is -0.104. The third-order valence-corrected chi connectivity index (χ3v) is 4.41. The lowest BCUT2D eigenvalue weighted by atomic mass is 10.2. The lowest BCUT2D eigenvalue weighted by Crippen LogP contribution is -2.22. The summed E-state index contributed by atoms with van der Waals surface area (Å²) in [5, 5.41) is 5.74. The number of pyridine rings is 1. The minimum atomic E-state index is -0.104. The van der Waals surface area contributed by atoms with Gasteiger partial charge < -0.3 is 5.32 Å². The fourth-order valence-corrected chi connectivity index (χ4v) is 2.91. The molecule has 0 radical (unpaired) electrons. The maximum Gasteiger partial charge on any atom is 0.251 e. The third-order valence-electron chi connectivity index (χ3n) is 3.03. The number of hydrogen-bond donors (Lipinski definition) is 1. The lowest BCUT2D eigenvalue weighted by Gasteiger charge is -2.03. The molecule has 3 rings (SSSR count). The Kier molecular flexibility index (Phi) is 4.60. The summed E-state index contributed by atoms with van der Waals surface area (Å²) in [4.78, 5) is 20.6. The molecule has 0 aliphatic heterocycles. The zero-order valence-electron chi connectivity index (χ0n) is 11.5. The van der Waals surface area contributed by atoms with Crippen LogP contribution in [0, 0.1) is 0 Å². The SMILES string of the molecule is O=C(NCc1nc(-c2ccncc2)cs1)c1ccc(Br)cc1. The van der Waals surface area contributed by atoms with Gasteiger partial charge in [0.1, 0.15) is 5.01 Å². The molecule has 1 N–H and O–H groups in total. The molecular weight excluding hydrogens is 362 g/mol. The molecule has 0 bridgehead atoms. The van der Waals surface area contributed by atoms with E-state index in [1.807, 2.05) is 29.6 Å². The van der Waals surface area contributed by atoms with Gasteiger partial charge in [-0.15, -0.1) is 11.3 Å². The van der Waals surface area contributed by atoms with Crippen LogP contribution in [0.25, 0.3) is 11.3 Å². The molecule has 22 heavy (non-hydrogen) atoms. The Hall–Kier alpha value is -2.05. The number of halogens is 1. The van der Waals surface area contributed by atoms with Crippen molar-refractivity contribution in [3.63, 3.8) is 0 Å². The fourth-order valence-electron chi connectivity index (χ4n) is 1.91. The second kappa shape index (κ2) is 6.81. The van der Waals surface area contributed by atoms with E-state index in [4.69, 9.17) is 0 Å². The van der Waals surface area contributed by atoms with Gasteiger partial charge in [-0.05, 0) is 36.4 Å². The molecule has 0 unspecified atom stereocenters. The Balaban J connectivity index is 1.64. The Morgan fingerprint density at radius 3 is 2.59 bits per heavy atom. The van der Waals surface area contributed by atoms with Gasteiger partial charge in [-0.2, -0.15) is 0 Å². The summed E-state index contributed by atoms with van der Waals surface area (Å²) < 4.78 is 0.950. The van der Waals surface area contributed by atoms with Gasteiger partial charge in [0.05, 0.1) is 12.2 Å². The number of benzene rings is 1. The molecule has 1 aromatic carbocycles. The summed E-state index contributed by atoms with van der Waals surface area (Å²) in [6, 6.07) is 11.1. The lowest BCUT2D eigenvalue weighted by molar-refractivity contribution is 0.0951. The summed E-state index contributed by atoms with van der Waals surface area (Å²) >= 11 is 4.88. The van der Waals surface area contributed by atoms with Crippen LogP contribution in [0.15, 0.2) is 58.6 Å². The van der Waals surface area contributed by atoms with Crippen molar-refractivity contribution in [1.82, 2.24) is 15.3 Å². The Morgan fingerprint density at radius 1 is 1.14 bits per heavy atom. The zero-order chi connectivity index (χ0) is 15.4. The zero-order valence-corrected chi connectivity index (χ0v) is 13.9. The molecule has 110 valence electrons. The molecule has 1 amide bonds. The fraction of sp³-hybridized carbons (Fsp3) is 0.0625. The Morgan fingerprint density at radius 2 is 1.86 bits per heavy atom. The first-order valence-electron chi connectivity index (χ1n) is 6.61. The number of nitrogens with one attached hydrogen (secondary N) is 1. The first-order chi connectivity index (χ1) is 10.7. The number of carbonyl (C=O) groups is 1. The second-order valence-corrected chi connectivity index (χ2v) is 6.41. The number of carbonyl (C=O) groups excluding carboxylic acids is 1. The van der Waals surface area contributed by atoms with Crippen LogP contribution in [-0.2, 0) is 6.54 Å². The van der Waals surface area contributed by atoms with Crippen LogP contribution in [0.2, 0.25) is 0 Å². The first kappa shape index (κ1) is 14.9. The molecule has 2 aromatic heterocycles. The molecule has 0 saturated carbocycles. The van der Waals surface area contributed by atoms with E-state index in [-0.39, 0.29) is 5.91 Å². The van der Waals surface area contributed by atoms with Crippen LogP contribution in [0.4, 0.5) is 0 Å². The minimum Gasteiger partial charge on any atom is -0.346 e. The van der Waals surface area contributed by atoms with Crippen LogP contribution in [0.5, 0.6) is 0 Å². The van der Waals surface area contributed by atoms with E-state index in [0.717, 1.165) is 20.7 Å². The number of amides is 1. The molecule has 4 nitrogen and oxygen atoms in total. The molecular formula is C16H12BrN3OS. The molecule has 0 atom stereocenters. The number of thiazole rings is 1. The minimum absolute atomic E-state index is 0.104. The Labute approximate surface area is 140 Å². The molecule has 3 aromatic rings. The predicted molar refractivity (Wildman–Crippen MR) is 90.7 cm³/mol. The molecule has 0 spiro atoms. The quantitative estimate of drug-likeness (QED) is 0.754. The van der Waals surface area contributed by atoms with Crippen molar-refractivity contribution >= 4 is 33.2 Å². The summed E-state index contributed by atoms with van der Waals surface area (Å²) in [6.07, 6.45) is 3.48. The van der Waals surface area contributed by atoms with Gasteiger partial charge in [-0.3, -0.25) is 9.78 Å². The largest absolute Gasteiger partial charge is 0.346 e. The highest BCUT2D eigenvalue weighted by atomic mass is 79.9. The topological polar surface area (TPSA) is 54.9 Å². The van der Waals surface area contributed by atoms with E-state index in [9.17, 15) is 4.79 Å². The molecule has 0 aliphatic carbocycles. The van der Waals surface area contributed by atoms with Crippen molar-refractivity contribution in [2.75, 3.05) is 0 Å². The molecule has 6 heteroatoms. The van der Waals surface area contributed by atoms with Gasteiger partial charge in [0.15, 0.2) is 0 Å². The summed E-state index contributed by atoms with van der Waals surface area (Å²) in [5.41, 5.74) is 2.56. The highest BCUT2D eigenvalue weighted by molar-refractivity contribution is 9.10. The number of nitrogens with zero attached hydrogens (tertiary/aromatic N) is 2. The van der Waals surface area contributed by atoms with E-state index in [1.54, 1.807) is 24.5 Å². The molecule has 2 heterocycles. The third kappa shape index (κ3) is 3.58. The highest BCUT2D eigenvalue weighted by Crippen LogP contribution is 2.21. The van der Waals surface area contributed by atoms with Crippen molar-refractivity contribution in [3.8, 4) is 11.3 Å². The predicted octanol–water partition coefficient (Wildman–Crippen LogP) is 3.90. The smallest absolute Gasteiger partial charge is 0.251 e. The van der Waals surface area contributed by atoms with Gasteiger partial charge in [-0.1, -0.05) is 15.9 Å². The Bertz CT molecular complexity index is 772. The van der Waals surface area contributed by atoms with Gasteiger partial charge in [0, 0.05) is 33.4 Å². The normalized spacial score (nSPS) is 10.4. The van der Waals surface area contributed by atoms with Gasteiger partial charge >= 0.3 is 0 Å². The van der Waals surface area contributed by atoms with Crippen molar-refractivity contribution < 1.29 is 4.79 Å². The van der Waals surface area contributed by atoms with Crippen molar-refractivity contribution in [2.45, 2.75) is 6.54 Å². The summed E-state index contributed by atoms with van der Waals surface area (Å²) in [6.45, 7) is 0.421. The maximum atomic E-state index is 12.0. The average molecular weight is 374 g/mol. The number of rotatable bonds is 4. The molecule has 0 saturated heterocycles. The van der Waals surface area contributed by atoms with Crippen LogP contribution < -0.4 is 5.32 Å².